The van der Waals surface area contributed by atoms with Crippen LogP contribution >= 0.6 is 11.6 Å². The lowest BCUT2D eigenvalue weighted by molar-refractivity contribution is -0.385. The van der Waals surface area contributed by atoms with Crippen LogP contribution in [0.4, 0.5) is 11.6 Å². The van der Waals surface area contributed by atoms with E-state index in [1.807, 2.05) is 0 Å². The Hall–Kier alpha value is -2.48. The molecule has 0 bridgehead atoms. The van der Waals surface area contributed by atoms with Gasteiger partial charge in [0, 0.05) is 11.1 Å². The number of anilines is 1. The molecule has 0 aliphatic carbocycles. The van der Waals surface area contributed by atoms with Crippen LogP contribution in [0.5, 0.6) is 0 Å². The molecule has 0 radical (unpaired) electrons. The van der Waals surface area contributed by atoms with E-state index in [1.54, 1.807) is 6.92 Å². The zero-order valence-corrected chi connectivity index (χ0v) is 10.4. The predicted molar refractivity (Wildman–Crippen MR) is 67.2 cm³/mol. The Morgan fingerprint density at radius 1 is 1.53 bits per heavy atom. The largest absolute Gasteiger partial charge is 0.289 e. The summed E-state index contributed by atoms with van der Waals surface area (Å²) in [6.07, 6.45) is 0. The molecular formula is C10H8ClN5O3. The van der Waals surface area contributed by atoms with Crippen molar-refractivity contribution in [1.29, 1.82) is 0 Å². The second-order valence-corrected chi connectivity index (χ2v) is 4.05. The summed E-state index contributed by atoms with van der Waals surface area (Å²) in [4.78, 5) is 26.0. The average molecular weight is 282 g/mol. The standard InChI is InChI=1S/C10H8ClN5O3/c1-5-12-10(15-14-5)13-9(17)7-3-2-6(11)4-8(7)16(18)19/h2-4H,1H3,(H2,12,13,14,15,17). The minimum atomic E-state index is -0.678. The van der Waals surface area contributed by atoms with Crippen LogP contribution in [0.2, 0.25) is 5.02 Å². The molecule has 2 rings (SSSR count). The van der Waals surface area contributed by atoms with Gasteiger partial charge in [0.25, 0.3) is 11.6 Å². The third-order valence-corrected chi connectivity index (χ3v) is 2.46. The zero-order chi connectivity index (χ0) is 14.0. The van der Waals surface area contributed by atoms with Crippen LogP contribution in [0.3, 0.4) is 0 Å². The van der Waals surface area contributed by atoms with Gasteiger partial charge in [-0.05, 0) is 19.1 Å². The van der Waals surface area contributed by atoms with E-state index in [0.717, 1.165) is 6.07 Å². The van der Waals surface area contributed by atoms with Crippen molar-refractivity contribution < 1.29 is 9.72 Å². The molecule has 0 aliphatic rings. The second kappa shape index (κ2) is 5.02. The van der Waals surface area contributed by atoms with Crippen molar-refractivity contribution in [3.05, 3.63) is 44.7 Å². The van der Waals surface area contributed by atoms with Gasteiger partial charge in [-0.3, -0.25) is 25.3 Å². The highest BCUT2D eigenvalue weighted by atomic mass is 35.5. The highest BCUT2D eigenvalue weighted by Gasteiger charge is 2.21. The number of aromatic amines is 1. The van der Waals surface area contributed by atoms with Gasteiger partial charge < -0.3 is 0 Å². The summed E-state index contributed by atoms with van der Waals surface area (Å²) in [5, 5.41) is 19.6. The number of aryl methyl sites for hydroxylation is 1. The summed E-state index contributed by atoms with van der Waals surface area (Å²) in [5.74, 6) is -0.116. The van der Waals surface area contributed by atoms with Crippen LogP contribution in [-0.2, 0) is 0 Å². The molecule has 0 aliphatic heterocycles. The van der Waals surface area contributed by atoms with Crippen LogP contribution in [0, 0.1) is 17.0 Å². The Kier molecular flexibility index (Phi) is 3.43. The van der Waals surface area contributed by atoms with Crippen LogP contribution in [0.1, 0.15) is 16.2 Å². The molecule has 9 heteroatoms. The molecule has 0 unspecified atom stereocenters. The van der Waals surface area contributed by atoms with Crippen molar-refractivity contribution >= 4 is 29.1 Å². The van der Waals surface area contributed by atoms with E-state index in [2.05, 4.69) is 20.5 Å². The van der Waals surface area contributed by atoms with Crippen molar-refractivity contribution in [3.63, 3.8) is 0 Å². The van der Waals surface area contributed by atoms with E-state index in [-0.39, 0.29) is 22.2 Å². The molecule has 0 spiro atoms. The molecule has 98 valence electrons. The number of hydrogen-bond donors (Lipinski definition) is 2. The molecular weight excluding hydrogens is 274 g/mol. The van der Waals surface area contributed by atoms with Gasteiger partial charge in [-0.1, -0.05) is 11.6 Å². The fourth-order valence-electron chi connectivity index (χ4n) is 1.42. The molecule has 1 heterocycles. The normalized spacial score (nSPS) is 10.2. The summed E-state index contributed by atoms with van der Waals surface area (Å²) in [7, 11) is 0. The molecule has 2 aromatic rings. The summed E-state index contributed by atoms with van der Waals surface area (Å²) >= 11 is 5.66. The van der Waals surface area contributed by atoms with Gasteiger partial charge in [0.05, 0.1) is 4.92 Å². The fourth-order valence-corrected chi connectivity index (χ4v) is 1.58. The Balaban J connectivity index is 2.31. The third-order valence-electron chi connectivity index (χ3n) is 2.22. The van der Waals surface area contributed by atoms with Crippen LogP contribution in [-0.4, -0.2) is 26.0 Å². The summed E-state index contributed by atoms with van der Waals surface area (Å²) in [5.41, 5.74) is -0.492. The highest BCUT2D eigenvalue weighted by Crippen LogP contribution is 2.23. The minimum absolute atomic E-state index is 0.0479. The topological polar surface area (TPSA) is 114 Å². The Morgan fingerprint density at radius 3 is 2.84 bits per heavy atom. The molecule has 1 aromatic heterocycles. The number of carbonyl (C=O) groups excluding carboxylic acids is 1. The van der Waals surface area contributed by atoms with Crippen molar-refractivity contribution in [2.75, 3.05) is 5.32 Å². The lowest BCUT2D eigenvalue weighted by Gasteiger charge is -2.02. The number of nitrogens with one attached hydrogen (secondary N) is 2. The Morgan fingerprint density at radius 2 is 2.26 bits per heavy atom. The summed E-state index contributed by atoms with van der Waals surface area (Å²) in [6.45, 7) is 1.66. The second-order valence-electron chi connectivity index (χ2n) is 3.62. The van der Waals surface area contributed by atoms with Crippen LogP contribution < -0.4 is 5.32 Å². The number of amides is 1. The van der Waals surface area contributed by atoms with Gasteiger partial charge in [0.1, 0.15) is 11.4 Å². The quantitative estimate of drug-likeness (QED) is 0.659. The highest BCUT2D eigenvalue weighted by molar-refractivity contribution is 6.31. The molecule has 0 saturated heterocycles. The zero-order valence-electron chi connectivity index (χ0n) is 9.68. The molecule has 0 fully saturated rings. The van der Waals surface area contributed by atoms with E-state index in [0.29, 0.717) is 5.82 Å². The molecule has 1 amide bonds. The monoisotopic (exact) mass is 281 g/mol. The molecule has 2 N–H and O–H groups in total. The number of carbonyl (C=O) groups is 1. The summed E-state index contributed by atoms with van der Waals surface area (Å²) < 4.78 is 0. The number of benzene rings is 1. The Bertz CT molecular complexity index is 654. The number of H-pyrrole nitrogens is 1. The minimum Gasteiger partial charge on any atom is -0.289 e. The van der Waals surface area contributed by atoms with Crippen molar-refractivity contribution in [1.82, 2.24) is 15.2 Å². The maximum Gasteiger partial charge on any atom is 0.283 e. The number of nitrogens with zero attached hydrogens (tertiary/aromatic N) is 3. The van der Waals surface area contributed by atoms with Crippen molar-refractivity contribution in [3.8, 4) is 0 Å². The first-order chi connectivity index (χ1) is 8.97. The summed E-state index contributed by atoms with van der Waals surface area (Å²) in [6, 6.07) is 3.78. The lowest BCUT2D eigenvalue weighted by Crippen LogP contribution is -2.14. The predicted octanol–water partition coefficient (Wildman–Crippen LogP) is 1.93. The number of nitro benzene ring substituents is 1. The number of halogens is 1. The van der Waals surface area contributed by atoms with Gasteiger partial charge in [-0.15, -0.1) is 5.10 Å². The molecule has 8 nitrogen and oxygen atoms in total. The van der Waals surface area contributed by atoms with E-state index in [1.165, 1.54) is 12.1 Å². The first-order valence-corrected chi connectivity index (χ1v) is 5.49. The van der Waals surface area contributed by atoms with Gasteiger partial charge in [0.15, 0.2) is 0 Å². The number of aromatic nitrogens is 3. The molecule has 0 atom stereocenters. The molecule has 1 aromatic carbocycles. The van der Waals surface area contributed by atoms with E-state index in [4.69, 9.17) is 11.6 Å². The molecule has 19 heavy (non-hydrogen) atoms. The van der Waals surface area contributed by atoms with Gasteiger partial charge in [-0.2, -0.15) is 4.98 Å². The molecule has 0 saturated carbocycles. The van der Waals surface area contributed by atoms with E-state index < -0.39 is 10.8 Å². The number of hydrogen-bond acceptors (Lipinski definition) is 5. The Labute approximate surface area is 112 Å². The first-order valence-electron chi connectivity index (χ1n) is 5.11. The number of nitro groups is 1. The van der Waals surface area contributed by atoms with E-state index in [9.17, 15) is 14.9 Å². The fraction of sp³-hybridized carbons (Fsp3) is 0.100. The van der Waals surface area contributed by atoms with Crippen LogP contribution in [0.15, 0.2) is 18.2 Å². The van der Waals surface area contributed by atoms with E-state index >= 15 is 0 Å². The SMILES string of the molecule is Cc1nc(NC(=O)c2ccc(Cl)cc2[N+](=O)[O-])n[nH]1. The average Bonchev–Trinajstić information content (AvgIpc) is 2.74. The number of rotatable bonds is 3. The van der Waals surface area contributed by atoms with Crippen LogP contribution in [0.25, 0.3) is 0 Å². The first kappa shape index (κ1) is 13.0. The maximum absolute atomic E-state index is 11.9. The maximum atomic E-state index is 11.9. The third kappa shape index (κ3) is 2.86. The van der Waals surface area contributed by atoms with Crippen molar-refractivity contribution in [2.24, 2.45) is 0 Å². The van der Waals surface area contributed by atoms with Crippen molar-refractivity contribution in [2.45, 2.75) is 6.92 Å². The van der Waals surface area contributed by atoms with Gasteiger partial charge in [-0.25, -0.2) is 0 Å². The lowest BCUT2D eigenvalue weighted by atomic mass is 10.1. The smallest absolute Gasteiger partial charge is 0.283 e. The van der Waals surface area contributed by atoms with Gasteiger partial charge in [0.2, 0.25) is 5.95 Å². The van der Waals surface area contributed by atoms with Gasteiger partial charge >= 0.3 is 0 Å².